The first-order valence-corrected chi connectivity index (χ1v) is 6.63. The predicted octanol–water partition coefficient (Wildman–Crippen LogP) is 2.88. The standard InChI is InChI=1S/C14H21NO3/c1-14(2,3)18-13(17)15-11-9-7-5-4-6-8-10(11)12(15)16/h7,9-11H,4-6,8H2,1-3H3/b9-7-. The zero-order valence-corrected chi connectivity index (χ0v) is 11.3. The van der Waals surface area contributed by atoms with Crippen molar-refractivity contribution in [2.75, 3.05) is 0 Å². The van der Waals surface area contributed by atoms with Crippen LogP contribution in [0.15, 0.2) is 12.2 Å². The van der Waals surface area contributed by atoms with Crippen LogP contribution < -0.4 is 0 Å². The van der Waals surface area contributed by atoms with Gasteiger partial charge in [-0.15, -0.1) is 0 Å². The Labute approximate surface area is 108 Å². The summed E-state index contributed by atoms with van der Waals surface area (Å²) in [7, 11) is 0. The minimum atomic E-state index is -0.562. The summed E-state index contributed by atoms with van der Waals surface area (Å²) in [5.41, 5.74) is -0.562. The van der Waals surface area contributed by atoms with E-state index in [9.17, 15) is 9.59 Å². The molecule has 2 aliphatic rings. The molecule has 0 radical (unpaired) electrons. The first-order chi connectivity index (χ1) is 8.40. The second-order valence-electron chi connectivity index (χ2n) is 6.00. The van der Waals surface area contributed by atoms with Crippen LogP contribution in [-0.4, -0.2) is 28.5 Å². The molecule has 100 valence electrons. The van der Waals surface area contributed by atoms with E-state index < -0.39 is 11.7 Å². The van der Waals surface area contributed by atoms with Crippen molar-refractivity contribution >= 4 is 12.0 Å². The molecule has 1 saturated heterocycles. The third-order valence-corrected chi connectivity index (χ3v) is 3.32. The highest BCUT2D eigenvalue weighted by Gasteiger charge is 2.50. The number of fused-ring (bicyclic) bond motifs is 1. The van der Waals surface area contributed by atoms with Crippen LogP contribution in [0.2, 0.25) is 0 Å². The van der Waals surface area contributed by atoms with Crippen LogP contribution >= 0.6 is 0 Å². The molecule has 2 atom stereocenters. The quantitative estimate of drug-likeness (QED) is 0.491. The molecule has 1 aliphatic heterocycles. The zero-order chi connectivity index (χ0) is 13.3. The lowest BCUT2D eigenvalue weighted by Gasteiger charge is -2.44. The fraction of sp³-hybridized carbons (Fsp3) is 0.714. The summed E-state index contributed by atoms with van der Waals surface area (Å²) in [6, 6.07) is -0.0901. The molecule has 0 bridgehead atoms. The van der Waals surface area contributed by atoms with Gasteiger partial charge in [0.2, 0.25) is 5.91 Å². The Bertz CT molecular complexity index is 381. The number of carbonyl (C=O) groups is 2. The Kier molecular flexibility index (Phi) is 3.46. The van der Waals surface area contributed by atoms with Gasteiger partial charge in [-0.3, -0.25) is 4.79 Å². The number of carbonyl (C=O) groups excluding carboxylic acids is 2. The van der Waals surface area contributed by atoms with Gasteiger partial charge in [0.1, 0.15) is 5.60 Å². The van der Waals surface area contributed by atoms with Gasteiger partial charge in [0.05, 0.1) is 12.0 Å². The van der Waals surface area contributed by atoms with E-state index in [1.807, 2.05) is 6.08 Å². The Balaban J connectivity index is 2.07. The number of hydrogen-bond acceptors (Lipinski definition) is 3. The smallest absolute Gasteiger partial charge is 0.417 e. The maximum absolute atomic E-state index is 12.0. The number of ether oxygens (including phenoxy) is 1. The first kappa shape index (κ1) is 13.1. The minimum absolute atomic E-state index is 0.0194. The highest BCUT2D eigenvalue weighted by molar-refractivity contribution is 6.00. The van der Waals surface area contributed by atoms with Gasteiger partial charge < -0.3 is 4.74 Å². The normalized spacial score (nSPS) is 29.7. The van der Waals surface area contributed by atoms with Crippen molar-refractivity contribution in [2.45, 2.75) is 58.1 Å². The molecule has 0 saturated carbocycles. The fourth-order valence-corrected chi connectivity index (χ4v) is 2.47. The second-order valence-corrected chi connectivity index (χ2v) is 6.00. The molecule has 4 heteroatoms. The largest absolute Gasteiger partial charge is 0.443 e. The molecule has 1 heterocycles. The zero-order valence-electron chi connectivity index (χ0n) is 11.3. The average Bonchev–Trinajstić information content (AvgIpc) is 2.19. The lowest BCUT2D eigenvalue weighted by Crippen LogP contribution is -2.63. The Morgan fingerprint density at radius 1 is 1.39 bits per heavy atom. The average molecular weight is 251 g/mol. The summed E-state index contributed by atoms with van der Waals surface area (Å²) in [5.74, 6) is -0.102. The monoisotopic (exact) mass is 251 g/mol. The van der Waals surface area contributed by atoms with Crippen molar-refractivity contribution in [3.8, 4) is 0 Å². The number of rotatable bonds is 0. The molecule has 0 aromatic rings. The molecule has 18 heavy (non-hydrogen) atoms. The van der Waals surface area contributed by atoms with Gasteiger partial charge in [-0.05, 0) is 40.0 Å². The number of amides is 2. The van der Waals surface area contributed by atoms with Crippen LogP contribution in [0.4, 0.5) is 4.79 Å². The highest BCUT2D eigenvalue weighted by atomic mass is 16.6. The maximum atomic E-state index is 12.0. The SMILES string of the molecule is CC(C)(C)OC(=O)N1C(=O)C2CCCC/C=C\C21. The van der Waals surface area contributed by atoms with Gasteiger partial charge >= 0.3 is 6.09 Å². The summed E-state index contributed by atoms with van der Waals surface area (Å²) in [6.45, 7) is 5.42. The number of hydrogen-bond donors (Lipinski definition) is 0. The summed E-state index contributed by atoms with van der Waals surface area (Å²) >= 11 is 0. The topological polar surface area (TPSA) is 46.6 Å². The van der Waals surface area contributed by atoms with Crippen LogP contribution in [0.1, 0.15) is 46.5 Å². The van der Waals surface area contributed by atoms with Crippen molar-refractivity contribution in [1.29, 1.82) is 0 Å². The molecule has 0 aromatic carbocycles. The highest BCUT2D eigenvalue weighted by Crippen LogP contribution is 2.34. The number of β-lactam (4-membered cyclic amide) rings is 1. The van der Waals surface area contributed by atoms with E-state index in [2.05, 4.69) is 6.08 Å². The predicted molar refractivity (Wildman–Crippen MR) is 68.0 cm³/mol. The van der Waals surface area contributed by atoms with E-state index in [4.69, 9.17) is 4.74 Å². The second kappa shape index (κ2) is 4.75. The van der Waals surface area contributed by atoms with Crippen molar-refractivity contribution in [2.24, 2.45) is 5.92 Å². The Morgan fingerprint density at radius 3 is 2.78 bits per heavy atom. The van der Waals surface area contributed by atoms with Crippen molar-refractivity contribution in [3.05, 3.63) is 12.2 Å². The summed E-state index contributed by atoms with van der Waals surface area (Å²) in [6.07, 6.45) is 7.63. The van der Waals surface area contributed by atoms with Gasteiger partial charge in [0.25, 0.3) is 0 Å². The van der Waals surface area contributed by atoms with Crippen molar-refractivity contribution in [1.82, 2.24) is 4.90 Å². The molecule has 2 unspecified atom stereocenters. The van der Waals surface area contributed by atoms with E-state index in [-0.39, 0.29) is 17.9 Å². The molecular weight excluding hydrogens is 230 g/mol. The molecule has 0 spiro atoms. The molecule has 2 amide bonds. The molecule has 0 N–H and O–H groups in total. The number of nitrogens with zero attached hydrogens (tertiary/aromatic N) is 1. The lowest BCUT2D eigenvalue weighted by atomic mass is 9.81. The van der Waals surface area contributed by atoms with Gasteiger partial charge in [-0.1, -0.05) is 18.6 Å². The minimum Gasteiger partial charge on any atom is -0.443 e. The summed E-state index contributed by atoms with van der Waals surface area (Å²) < 4.78 is 5.27. The fourth-order valence-electron chi connectivity index (χ4n) is 2.47. The Morgan fingerprint density at radius 2 is 2.11 bits per heavy atom. The van der Waals surface area contributed by atoms with Crippen LogP contribution in [0.3, 0.4) is 0 Å². The van der Waals surface area contributed by atoms with Gasteiger partial charge in [0.15, 0.2) is 0 Å². The van der Waals surface area contributed by atoms with Crippen LogP contribution in [0.25, 0.3) is 0 Å². The molecule has 2 rings (SSSR count). The molecule has 1 aliphatic carbocycles. The lowest BCUT2D eigenvalue weighted by molar-refractivity contribution is -0.151. The number of allylic oxidation sites excluding steroid dienone is 1. The van der Waals surface area contributed by atoms with Crippen LogP contribution in [0, 0.1) is 5.92 Å². The maximum Gasteiger partial charge on any atom is 0.417 e. The van der Waals surface area contributed by atoms with Gasteiger partial charge in [0, 0.05) is 0 Å². The van der Waals surface area contributed by atoms with Crippen LogP contribution in [0.5, 0.6) is 0 Å². The summed E-state index contributed by atoms with van der Waals surface area (Å²) in [4.78, 5) is 25.2. The van der Waals surface area contributed by atoms with E-state index in [0.29, 0.717) is 0 Å². The Hall–Kier alpha value is -1.32. The number of imide groups is 1. The van der Waals surface area contributed by atoms with E-state index in [0.717, 1.165) is 25.7 Å². The van der Waals surface area contributed by atoms with Crippen LogP contribution in [-0.2, 0) is 9.53 Å². The van der Waals surface area contributed by atoms with Gasteiger partial charge in [-0.25, -0.2) is 9.69 Å². The summed E-state index contributed by atoms with van der Waals surface area (Å²) in [5, 5.41) is 0. The first-order valence-electron chi connectivity index (χ1n) is 6.63. The van der Waals surface area contributed by atoms with E-state index in [1.54, 1.807) is 20.8 Å². The third kappa shape index (κ3) is 2.57. The molecule has 4 nitrogen and oxygen atoms in total. The van der Waals surface area contributed by atoms with E-state index in [1.165, 1.54) is 4.90 Å². The van der Waals surface area contributed by atoms with Crippen molar-refractivity contribution in [3.63, 3.8) is 0 Å². The van der Waals surface area contributed by atoms with Crippen molar-refractivity contribution < 1.29 is 14.3 Å². The third-order valence-electron chi connectivity index (χ3n) is 3.32. The van der Waals surface area contributed by atoms with Gasteiger partial charge in [-0.2, -0.15) is 0 Å². The van der Waals surface area contributed by atoms with E-state index >= 15 is 0 Å². The molecule has 1 fully saturated rings. The molecular formula is C14H21NO3. The number of likely N-dealkylation sites (tertiary alicyclic amines) is 1. The molecule has 0 aromatic heterocycles.